The molecule has 2 aromatic rings. The lowest BCUT2D eigenvalue weighted by molar-refractivity contribution is -0.199. The Hall–Kier alpha value is -2.92. The molecule has 0 bridgehead atoms. The van der Waals surface area contributed by atoms with E-state index in [9.17, 15) is 9.59 Å². The predicted molar refractivity (Wildman–Crippen MR) is 142 cm³/mol. The van der Waals surface area contributed by atoms with Crippen LogP contribution in [0.25, 0.3) is 0 Å². The summed E-state index contributed by atoms with van der Waals surface area (Å²) >= 11 is 0. The Bertz CT molecular complexity index is 1360. The van der Waals surface area contributed by atoms with Crippen molar-refractivity contribution in [2.75, 3.05) is 6.61 Å². The first-order valence-corrected chi connectivity index (χ1v) is 14.0. The first-order chi connectivity index (χ1) is 18.1. The molecular formula is C33H36O5. The van der Waals surface area contributed by atoms with Crippen molar-refractivity contribution in [2.24, 2.45) is 33.5 Å². The highest BCUT2D eigenvalue weighted by molar-refractivity contribution is 5.97. The molecule has 1 aromatic heterocycles. The molecule has 4 aliphatic carbocycles. The largest absolute Gasteiger partial charge is 0.472 e. The molecule has 7 rings (SSSR count). The zero-order valence-electron chi connectivity index (χ0n) is 22.6. The third kappa shape index (κ3) is 2.86. The maximum absolute atomic E-state index is 13.9. The number of benzene rings is 1. The van der Waals surface area contributed by atoms with E-state index >= 15 is 0 Å². The maximum Gasteiger partial charge on any atom is 0.338 e. The standard InChI is InChI=1S/C33H36O5/c1-30-15-13-25(34)33(4)24-12-16-31(2)22(21-14-17-36-18-21)10-11-23(31)32(24,3)28(26(27(30)33)37-19-30)38-29(35)20-8-6-5-7-9-20/h5-9,11,13-15,17-18,22,24,26-28H,10,12,16,19H2,1-4H3/t22-,24-,26+,27-,28+,30-,31-,32-,33-/m0/s1. The third-order valence-electron chi connectivity index (χ3n) is 11.4. The number of rotatable bonds is 3. The fourth-order valence-electron chi connectivity index (χ4n) is 9.80. The normalized spacial score (nSPS) is 44.7. The summed E-state index contributed by atoms with van der Waals surface area (Å²) in [6.07, 6.45) is 11.8. The van der Waals surface area contributed by atoms with E-state index in [1.54, 1.807) is 18.4 Å². The van der Waals surface area contributed by atoms with Gasteiger partial charge in [-0.15, -0.1) is 0 Å². The van der Waals surface area contributed by atoms with Crippen LogP contribution in [0.1, 0.15) is 68.8 Å². The van der Waals surface area contributed by atoms with Gasteiger partial charge in [0, 0.05) is 22.2 Å². The Kier molecular flexibility index (Phi) is 4.97. The van der Waals surface area contributed by atoms with Gasteiger partial charge in [0.1, 0.15) is 12.2 Å². The van der Waals surface area contributed by atoms with Crippen LogP contribution in [0.15, 0.2) is 77.1 Å². The van der Waals surface area contributed by atoms with E-state index in [1.165, 1.54) is 11.1 Å². The summed E-state index contributed by atoms with van der Waals surface area (Å²) in [6.45, 7) is 9.52. The molecule has 198 valence electrons. The van der Waals surface area contributed by atoms with Crippen molar-refractivity contribution in [1.29, 1.82) is 0 Å². The van der Waals surface area contributed by atoms with Crippen LogP contribution in [-0.2, 0) is 14.3 Å². The second-order valence-electron chi connectivity index (χ2n) is 13.2. The number of furan rings is 1. The van der Waals surface area contributed by atoms with Crippen LogP contribution in [0.2, 0.25) is 0 Å². The van der Waals surface area contributed by atoms with Gasteiger partial charge < -0.3 is 13.9 Å². The van der Waals surface area contributed by atoms with E-state index in [0.29, 0.717) is 18.1 Å². The Morgan fingerprint density at radius 2 is 1.84 bits per heavy atom. The molecule has 0 amide bonds. The van der Waals surface area contributed by atoms with Gasteiger partial charge in [0.25, 0.3) is 0 Å². The molecule has 5 heteroatoms. The van der Waals surface area contributed by atoms with E-state index in [4.69, 9.17) is 13.9 Å². The highest BCUT2D eigenvalue weighted by Crippen LogP contribution is 2.74. The molecule has 0 spiro atoms. The van der Waals surface area contributed by atoms with Crippen molar-refractivity contribution < 1.29 is 23.5 Å². The van der Waals surface area contributed by atoms with Crippen molar-refractivity contribution >= 4 is 11.8 Å². The average Bonchev–Trinajstić information content (AvgIpc) is 3.63. The van der Waals surface area contributed by atoms with E-state index in [1.807, 2.05) is 30.5 Å². The molecule has 2 heterocycles. The Morgan fingerprint density at radius 3 is 2.58 bits per heavy atom. The molecule has 0 unspecified atom stereocenters. The van der Waals surface area contributed by atoms with Crippen LogP contribution in [0, 0.1) is 33.5 Å². The lowest BCUT2D eigenvalue weighted by Crippen LogP contribution is -2.69. The summed E-state index contributed by atoms with van der Waals surface area (Å²) < 4.78 is 18.7. The predicted octanol–water partition coefficient (Wildman–Crippen LogP) is 6.52. The van der Waals surface area contributed by atoms with Crippen LogP contribution in [0.4, 0.5) is 0 Å². The molecule has 9 atom stereocenters. The summed E-state index contributed by atoms with van der Waals surface area (Å²) in [5, 5.41) is 0. The van der Waals surface area contributed by atoms with Gasteiger partial charge in [-0.1, -0.05) is 63.6 Å². The smallest absolute Gasteiger partial charge is 0.338 e. The minimum Gasteiger partial charge on any atom is -0.472 e. The van der Waals surface area contributed by atoms with E-state index in [0.717, 1.165) is 19.3 Å². The molecule has 38 heavy (non-hydrogen) atoms. The number of ketones is 1. The SMILES string of the molecule is C[C@]12C3=CC[C@@H](c4ccoc4)[C@]3(C)CC[C@@H]1[C@@]1(C)C(=O)C=C[C@@]3(C)CO[C@@H]([C@H]2OC(=O)c2ccccc2)[C@H]13. The summed E-state index contributed by atoms with van der Waals surface area (Å²) in [5.41, 5.74) is 1.54. The number of allylic oxidation sites excluding steroid dienone is 2. The van der Waals surface area contributed by atoms with Gasteiger partial charge in [0.15, 0.2) is 5.78 Å². The van der Waals surface area contributed by atoms with Crippen molar-refractivity contribution in [3.8, 4) is 0 Å². The number of carbonyl (C=O) groups excluding carboxylic acids is 2. The monoisotopic (exact) mass is 512 g/mol. The highest BCUT2D eigenvalue weighted by Gasteiger charge is 2.75. The molecule has 0 N–H and O–H groups in total. The van der Waals surface area contributed by atoms with E-state index in [-0.39, 0.29) is 40.5 Å². The molecule has 5 aliphatic rings. The highest BCUT2D eigenvalue weighted by atomic mass is 16.6. The molecule has 0 radical (unpaired) electrons. The quantitative estimate of drug-likeness (QED) is 0.346. The van der Waals surface area contributed by atoms with Crippen LogP contribution in [0.3, 0.4) is 0 Å². The first kappa shape index (κ1) is 24.1. The number of hydrogen-bond acceptors (Lipinski definition) is 5. The molecule has 1 aliphatic heterocycles. The Morgan fingerprint density at radius 1 is 1.05 bits per heavy atom. The topological polar surface area (TPSA) is 65.7 Å². The first-order valence-electron chi connectivity index (χ1n) is 14.0. The van der Waals surface area contributed by atoms with Gasteiger partial charge in [-0.2, -0.15) is 0 Å². The molecule has 1 saturated heterocycles. The van der Waals surface area contributed by atoms with Crippen molar-refractivity contribution in [2.45, 2.75) is 65.1 Å². The minimum absolute atomic E-state index is 0.0331. The molecule has 3 fully saturated rings. The van der Waals surface area contributed by atoms with Crippen molar-refractivity contribution in [3.05, 3.63) is 83.9 Å². The molecule has 1 aromatic carbocycles. The number of hydrogen-bond donors (Lipinski definition) is 0. The molecule has 2 saturated carbocycles. The van der Waals surface area contributed by atoms with Gasteiger partial charge in [-0.3, -0.25) is 4.79 Å². The second-order valence-corrected chi connectivity index (χ2v) is 13.2. The number of fused-ring (bicyclic) bond motifs is 4. The fourth-order valence-corrected chi connectivity index (χ4v) is 9.80. The molecule has 5 nitrogen and oxygen atoms in total. The lowest BCUT2D eigenvalue weighted by Gasteiger charge is -2.66. The third-order valence-corrected chi connectivity index (χ3v) is 11.4. The zero-order chi connectivity index (χ0) is 26.5. The minimum atomic E-state index is -0.592. The van der Waals surface area contributed by atoms with Crippen molar-refractivity contribution in [1.82, 2.24) is 0 Å². The summed E-state index contributed by atoms with van der Waals surface area (Å²) in [7, 11) is 0. The summed E-state index contributed by atoms with van der Waals surface area (Å²) in [4.78, 5) is 27.5. The van der Waals surface area contributed by atoms with Crippen LogP contribution in [-0.4, -0.2) is 30.6 Å². The molecular weight excluding hydrogens is 476 g/mol. The Labute approximate surface area is 224 Å². The number of esters is 1. The van der Waals surface area contributed by atoms with Crippen LogP contribution >= 0.6 is 0 Å². The lowest BCUT2D eigenvalue weighted by atomic mass is 9.38. The van der Waals surface area contributed by atoms with E-state index < -0.39 is 16.9 Å². The maximum atomic E-state index is 13.9. The zero-order valence-corrected chi connectivity index (χ0v) is 22.6. The number of ether oxygens (including phenoxy) is 2. The van der Waals surface area contributed by atoms with Crippen molar-refractivity contribution in [3.63, 3.8) is 0 Å². The summed E-state index contributed by atoms with van der Waals surface area (Å²) in [6, 6.07) is 11.3. The summed E-state index contributed by atoms with van der Waals surface area (Å²) in [5.74, 6) is 0.141. The van der Waals surface area contributed by atoms with Gasteiger partial charge in [0.2, 0.25) is 0 Å². The van der Waals surface area contributed by atoms with Gasteiger partial charge in [0.05, 0.1) is 24.7 Å². The Balaban J connectivity index is 1.39. The fraction of sp³-hybridized carbons (Fsp3) is 0.515. The van der Waals surface area contributed by atoms with Gasteiger partial charge in [-0.25, -0.2) is 4.79 Å². The van der Waals surface area contributed by atoms with Gasteiger partial charge in [-0.05, 0) is 66.4 Å². The van der Waals surface area contributed by atoms with E-state index in [2.05, 4.69) is 45.9 Å². The van der Waals surface area contributed by atoms with Crippen LogP contribution < -0.4 is 0 Å². The van der Waals surface area contributed by atoms with Crippen LogP contribution in [0.5, 0.6) is 0 Å². The average molecular weight is 513 g/mol. The van der Waals surface area contributed by atoms with Gasteiger partial charge >= 0.3 is 5.97 Å². The second kappa shape index (κ2) is 7.81. The number of carbonyl (C=O) groups is 2.